The Hall–Kier alpha value is -0.900. The van der Waals surface area contributed by atoms with Gasteiger partial charge in [0.05, 0.1) is 12.7 Å². The van der Waals surface area contributed by atoms with Crippen LogP contribution in [-0.4, -0.2) is 20.2 Å². The van der Waals surface area contributed by atoms with Gasteiger partial charge in [0.2, 0.25) is 0 Å². The van der Waals surface area contributed by atoms with Crippen molar-refractivity contribution in [3.8, 4) is 0 Å². The lowest BCUT2D eigenvalue weighted by molar-refractivity contribution is 0.0405. The fourth-order valence-electron chi connectivity index (χ4n) is 2.50. The van der Waals surface area contributed by atoms with Crippen LogP contribution in [0.5, 0.6) is 0 Å². The molecule has 3 rings (SSSR count). The molecule has 1 aliphatic rings. The van der Waals surface area contributed by atoms with Crippen LogP contribution in [0.25, 0.3) is 10.1 Å². The van der Waals surface area contributed by atoms with Gasteiger partial charge in [0.25, 0.3) is 0 Å². The molecule has 0 bridgehead atoms. The first-order chi connectivity index (χ1) is 8.40. The lowest BCUT2D eigenvalue weighted by Gasteiger charge is -2.23. The fourth-order valence-corrected chi connectivity index (χ4v) is 3.84. The van der Waals surface area contributed by atoms with Crippen LogP contribution < -0.4 is 5.32 Å². The summed E-state index contributed by atoms with van der Waals surface area (Å²) in [6.07, 6.45) is 2.43. The number of ether oxygens (including phenoxy) is 1. The van der Waals surface area contributed by atoms with E-state index in [0.29, 0.717) is 6.10 Å². The summed E-state index contributed by atoms with van der Waals surface area (Å²) in [5.74, 6) is 0. The maximum absolute atomic E-state index is 5.91. The summed E-state index contributed by atoms with van der Waals surface area (Å²) in [6, 6.07) is 8.71. The van der Waals surface area contributed by atoms with Crippen molar-refractivity contribution in [2.75, 3.05) is 20.2 Å². The zero-order valence-electron chi connectivity index (χ0n) is 10.0. The van der Waals surface area contributed by atoms with E-state index < -0.39 is 0 Å². The average Bonchev–Trinajstić information content (AvgIpc) is 2.75. The summed E-state index contributed by atoms with van der Waals surface area (Å²) >= 11 is 1.91. The van der Waals surface area contributed by atoms with Crippen LogP contribution in [0.1, 0.15) is 23.0 Å². The Morgan fingerprint density at radius 2 is 2.29 bits per heavy atom. The van der Waals surface area contributed by atoms with Crippen molar-refractivity contribution < 1.29 is 4.74 Å². The van der Waals surface area contributed by atoms with Crippen molar-refractivity contribution in [3.05, 3.63) is 34.7 Å². The Balaban J connectivity index is 2.02. The molecular formula is C14H17NOS. The smallest absolute Gasteiger partial charge is 0.0932 e. The van der Waals surface area contributed by atoms with E-state index in [4.69, 9.17) is 4.74 Å². The maximum atomic E-state index is 5.91. The third kappa shape index (κ3) is 1.99. The third-order valence-electron chi connectivity index (χ3n) is 3.35. The highest BCUT2D eigenvalue weighted by Crippen LogP contribution is 2.40. The van der Waals surface area contributed by atoms with E-state index in [2.05, 4.69) is 29.6 Å². The molecule has 17 heavy (non-hydrogen) atoms. The van der Waals surface area contributed by atoms with Gasteiger partial charge < -0.3 is 10.1 Å². The largest absolute Gasteiger partial charge is 0.372 e. The molecule has 0 amide bonds. The topological polar surface area (TPSA) is 21.3 Å². The highest BCUT2D eigenvalue weighted by atomic mass is 32.1. The fraction of sp³-hybridized carbons (Fsp3) is 0.429. The minimum atomic E-state index is 0.295. The molecule has 2 nitrogen and oxygen atoms in total. The summed E-state index contributed by atoms with van der Waals surface area (Å²) in [6.45, 7) is 1.88. The summed E-state index contributed by atoms with van der Waals surface area (Å²) in [4.78, 5) is 1.45. The van der Waals surface area contributed by atoms with Crippen LogP contribution >= 0.6 is 11.3 Å². The molecule has 0 radical (unpaired) electrons. The minimum Gasteiger partial charge on any atom is -0.372 e. The predicted molar refractivity (Wildman–Crippen MR) is 72.8 cm³/mol. The van der Waals surface area contributed by atoms with Crippen LogP contribution in [0, 0.1) is 0 Å². The molecule has 1 atom stereocenters. The second-order valence-electron chi connectivity index (χ2n) is 4.44. The normalized spacial score (nSPS) is 19.5. The molecule has 2 aromatic rings. The Kier molecular flexibility index (Phi) is 3.14. The van der Waals surface area contributed by atoms with Crippen LogP contribution in [0.3, 0.4) is 0 Å². The Morgan fingerprint density at radius 1 is 1.41 bits per heavy atom. The number of fused-ring (bicyclic) bond motifs is 3. The highest BCUT2D eigenvalue weighted by molar-refractivity contribution is 7.19. The molecule has 1 aromatic heterocycles. The molecule has 1 N–H and O–H groups in total. The zero-order valence-corrected chi connectivity index (χ0v) is 10.8. The molecule has 1 unspecified atom stereocenters. The standard InChI is InChI=1S/C14H17NOS/c1-15-8-6-12-14-11(7-9-16-12)10-4-2-3-5-13(10)17-14/h2-5,12,15H,6-9H2,1H3. The highest BCUT2D eigenvalue weighted by Gasteiger charge is 2.24. The van der Waals surface area contributed by atoms with E-state index in [9.17, 15) is 0 Å². The lowest BCUT2D eigenvalue weighted by Crippen LogP contribution is -2.19. The van der Waals surface area contributed by atoms with E-state index in [1.165, 1.54) is 20.5 Å². The van der Waals surface area contributed by atoms with Crippen molar-refractivity contribution in [3.63, 3.8) is 0 Å². The third-order valence-corrected chi connectivity index (χ3v) is 4.65. The van der Waals surface area contributed by atoms with Crippen LogP contribution in [0.15, 0.2) is 24.3 Å². The molecule has 0 aliphatic carbocycles. The number of rotatable bonds is 3. The van der Waals surface area contributed by atoms with Gasteiger partial charge in [0.1, 0.15) is 0 Å². The first kappa shape index (κ1) is 11.2. The van der Waals surface area contributed by atoms with Gasteiger partial charge in [-0.25, -0.2) is 0 Å². The molecule has 0 fully saturated rings. The number of benzene rings is 1. The van der Waals surface area contributed by atoms with Gasteiger partial charge in [-0.05, 0) is 43.5 Å². The first-order valence-electron chi connectivity index (χ1n) is 6.16. The van der Waals surface area contributed by atoms with E-state index in [-0.39, 0.29) is 0 Å². The number of hydrogen-bond donors (Lipinski definition) is 1. The number of thiophene rings is 1. The van der Waals surface area contributed by atoms with Gasteiger partial charge in [-0.2, -0.15) is 0 Å². The summed E-state index contributed by atoms with van der Waals surface area (Å²) in [7, 11) is 1.99. The van der Waals surface area contributed by atoms with Crippen LogP contribution in [-0.2, 0) is 11.2 Å². The predicted octanol–water partition coefficient (Wildman–Crippen LogP) is 3.12. The SMILES string of the molecule is CNCCC1OCCc2c1sc1ccccc21. The Morgan fingerprint density at radius 3 is 3.18 bits per heavy atom. The van der Waals surface area contributed by atoms with Gasteiger partial charge in [0, 0.05) is 9.58 Å². The van der Waals surface area contributed by atoms with E-state index in [1.54, 1.807) is 0 Å². The van der Waals surface area contributed by atoms with Gasteiger partial charge in [-0.1, -0.05) is 18.2 Å². The molecule has 90 valence electrons. The molecule has 1 aromatic carbocycles. The van der Waals surface area contributed by atoms with Crippen molar-refractivity contribution in [1.82, 2.24) is 5.32 Å². The lowest BCUT2D eigenvalue weighted by atomic mass is 10.0. The van der Waals surface area contributed by atoms with E-state index >= 15 is 0 Å². The summed E-state index contributed by atoms with van der Waals surface area (Å²) < 4.78 is 7.31. The number of nitrogens with one attached hydrogen (secondary N) is 1. The second-order valence-corrected chi connectivity index (χ2v) is 5.53. The van der Waals surface area contributed by atoms with Gasteiger partial charge in [-0.15, -0.1) is 11.3 Å². The van der Waals surface area contributed by atoms with Crippen molar-refractivity contribution in [2.45, 2.75) is 18.9 Å². The molecule has 0 saturated carbocycles. The van der Waals surface area contributed by atoms with Gasteiger partial charge >= 0.3 is 0 Å². The Bertz CT molecular complexity index is 520. The summed E-state index contributed by atoms with van der Waals surface area (Å²) in [5.41, 5.74) is 1.53. The minimum absolute atomic E-state index is 0.295. The zero-order chi connectivity index (χ0) is 11.7. The molecule has 0 saturated heterocycles. The van der Waals surface area contributed by atoms with E-state index in [1.807, 2.05) is 18.4 Å². The molecule has 1 aliphatic heterocycles. The van der Waals surface area contributed by atoms with Gasteiger partial charge in [0.15, 0.2) is 0 Å². The molecule has 2 heterocycles. The monoisotopic (exact) mass is 247 g/mol. The average molecular weight is 247 g/mol. The summed E-state index contributed by atoms with van der Waals surface area (Å²) in [5, 5.41) is 4.64. The van der Waals surface area contributed by atoms with Crippen molar-refractivity contribution in [2.24, 2.45) is 0 Å². The quantitative estimate of drug-likeness (QED) is 0.899. The van der Waals surface area contributed by atoms with Gasteiger partial charge in [-0.3, -0.25) is 0 Å². The molecule has 3 heteroatoms. The van der Waals surface area contributed by atoms with Crippen LogP contribution in [0.4, 0.5) is 0 Å². The Labute approximate surface area is 106 Å². The maximum Gasteiger partial charge on any atom is 0.0932 e. The molecular weight excluding hydrogens is 230 g/mol. The van der Waals surface area contributed by atoms with Crippen molar-refractivity contribution >= 4 is 21.4 Å². The first-order valence-corrected chi connectivity index (χ1v) is 6.98. The van der Waals surface area contributed by atoms with Crippen molar-refractivity contribution in [1.29, 1.82) is 0 Å². The van der Waals surface area contributed by atoms with E-state index in [0.717, 1.165) is 26.0 Å². The molecule has 0 spiro atoms. The number of hydrogen-bond acceptors (Lipinski definition) is 3. The van der Waals surface area contributed by atoms with Crippen LogP contribution in [0.2, 0.25) is 0 Å². The second kappa shape index (κ2) is 4.77.